The first kappa shape index (κ1) is 15.8. The Morgan fingerprint density at radius 3 is 2.60 bits per heavy atom. The number of nitrogens with one attached hydrogen (secondary N) is 1. The molecule has 1 aliphatic heterocycles. The van der Waals surface area contributed by atoms with E-state index in [0.717, 1.165) is 27.0 Å². The molecule has 0 fully saturated rings. The molecule has 0 radical (unpaired) electrons. The molecule has 0 amide bonds. The molecule has 1 aromatic heterocycles. The lowest BCUT2D eigenvalue weighted by atomic mass is 10.0. The first-order valence-corrected chi connectivity index (χ1v) is 8.79. The lowest BCUT2D eigenvalue weighted by molar-refractivity contribution is 0.340. The van der Waals surface area contributed by atoms with Gasteiger partial charge in [0.2, 0.25) is 5.95 Å². The van der Waals surface area contributed by atoms with E-state index in [2.05, 4.69) is 55.0 Å². The van der Waals surface area contributed by atoms with Crippen LogP contribution in [-0.2, 0) is 0 Å². The summed E-state index contributed by atoms with van der Waals surface area (Å²) in [6, 6.07) is 16.1. The topological polar surface area (TPSA) is 64.9 Å². The molecular weight excluding hydrogens is 382 g/mol. The largest absolute Gasteiger partial charge is 0.494 e. The molecule has 1 N–H and O–H groups in total. The molecule has 0 saturated heterocycles. The number of halogens is 1. The molecule has 3 aromatic rings. The average Bonchev–Trinajstić information content (AvgIpc) is 3.11. The van der Waals surface area contributed by atoms with Crippen molar-refractivity contribution in [2.24, 2.45) is 0 Å². The number of hydrogen-bond donors (Lipinski definition) is 1. The van der Waals surface area contributed by atoms with Crippen LogP contribution in [0.15, 0.2) is 59.1 Å². The molecule has 0 unspecified atom stereocenters. The standard InChI is InChI=1S/C18H16BrN5O/c1-2-25-15-9-5-13(6-10-15)17-11-16(12-3-7-14(19)8-4-12)20-18-21-22-23-24(17)18/h3-11,17H,2H2,1H3,(H,20,21,23)/t17-/m0/s1. The van der Waals surface area contributed by atoms with E-state index < -0.39 is 0 Å². The highest BCUT2D eigenvalue weighted by Gasteiger charge is 2.24. The number of aromatic nitrogens is 4. The Morgan fingerprint density at radius 1 is 1.12 bits per heavy atom. The first-order valence-electron chi connectivity index (χ1n) is 8.00. The first-order chi connectivity index (χ1) is 12.2. The molecule has 0 spiro atoms. The van der Waals surface area contributed by atoms with Gasteiger partial charge in [-0.2, -0.15) is 4.68 Å². The second-order valence-electron chi connectivity index (χ2n) is 5.61. The number of rotatable bonds is 4. The molecule has 7 heteroatoms. The Morgan fingerprint density at radius 2 is 1.88 bits per heavy atom. The molecule has 1 atom stereocenters. The fraction of sp³-hybridized carbons (Fsp3) is 0.167. The van der Waals surface area contributed by atoms with Gasteiger partial charge < -0.3 is 10.1 Å². The molecule has 1 aliphatic rings. The number of ether oxygens (including phenoxy) is 1. The van der Waals surface area contributed by atoms with Gasteiger partial charge in [0, 0.05) is 10.2 Å². The van der Waals surface area contributed by atoms with E-state index in [4.69, 9.17) is 4.74 Å². The summed E-state index contributed by atoms with van der Waals surface area (Å²) >= 11 is 3.47. The fourth-order valence-corrected chi connectivity index (χ4v) is 3.08. The van der Waals surface area contributed by atoms with Crippen LogP contribution in [0.25, 0.3) is 5.70 Å². The van der Waals surface area contributed by atoms with E-state index in [0.29, 0.717) is 12.6 Å². The van der Waals surface area contributed by atoms with E-state index in [1.54, 1.807) is 4.68 Å². The van der Waals surface area contributed by atoms with Gasteiger partial charge in [-0.25, -0.2) is 0 Å². The van der Waals surface area contributed by atoms with Crippen LogP contribution in [-0.4, -0.2) is 26.8 Å². The van der Waals surface area contributed by atoms with Gasteiger partial charge >= 0.3 is 0 Å². The molecule has 25 heavy (non-hydrogen) atoms. The van der Waals surface area contributed by atoms with Gasteiger partial charge in [-0.05, 0) is 58.8 Å². The van der Waals surface area contributed by atoms with Crippen LogP contribution < -0.4 is 10.1 Å². The molecule has 4 rings (SSSR count). The summed E-state index contributed by atoms with van der Waals surface area (Å²) in [5, 5.41) is 15.3. The average molecular weight is 398 g/mol. The quantitative estimate of drug-likeness (QED) is 0.723. The molecule has 2 aromatic carbocycles. The van der Waals surface area contributed by atoms with Crippen LogP contribution in [0.2, 0.25) is 0 Å². The Bertz CT molecular complexity index is 902. The summed E-state index contributed by atoms with van der Waals surface area (Å²) in [6.07, 6.45) is 2.13. The number of nitrogens with zero attached hydrogens (tertiary/aromatic N) is 4. The van der Waals surface area contributed by atoms with Crippen molar-refractivity contribution in [1.29, 1.82) is 0 Å². The monoisotopic (exact) mass is 397 g/mol. The third-order valence-corrected chi connectivity index (χ3v) is 4.54. The van der Waals surface area contributed by atoms with E-state index >= 15 is 0 Å². The van der Waals surface area contributed by atoms with Crippen molar-refractivity contribution in [3.05, 3.63) is 70.2 Å². The zero-order valence-corrected chi connectivity index (χ0v) is 15.1. The highest BCUT2D eigenvalue weighted by Crippen LogP contribution is 2.32. The van der Waals surface area contributed by atoms with Crippen molar-refractivity contribution in [3.63, 3.8) is 0 Å². The van der Waals surface area contributed by atoms with Gasteiger partial charge in [0.05, 0.1) is 6.61 Å². The number of fused-ring (bicyclic) bond motifs is 1. The number of benzene rings is 2. The Labute approximate surface area is 153 Å². The third kappa shape index (κ3) is 3.15. The van der Waals surface area contributed by atoms with Crippen molar-refractivity contribution < 1.29 is 4.74 Å². The van der Waals surface area contributed by atoms with Crippen LogP contribution >= 0.6 is 15.9 Å². The van der Waals surface area contributed by atoms with Gasteiger partial charge in [-0.15, -0.1) is 0 Å². The zero-order chi connectivity index (χ0) is 17.2. The maximum absolute atomic E-state index is 5.52. The second kappa shape index (κ2) is 6.68. The molecular formula is C18H16BrN5O. The summed E-state index contributed by atoms with van der Waals surface area (Å²) in [5.41, 5.74) is 3.15. The van der Waals surface area contributed by atoms with Crippen LogP contribution in [0.5, 0.6) is 5.75 Å². The highest BCUT2D eigenvalue weighted by molar-refractivity contribution is 9.10. The fourth-order valence-electron chi connectivity index (χ4n) is 2.82. The number of anilines is 1. The lowest BCUT2D eigenvalue weighted by Gasteiger charge is -2.23. The third-order valence-electron chi connectivity index (χ3n) is 4.02. The maximum atomic E-state index is 5.52. The van der Waals surface area contributed by atoms with E-state index in [9.17, 15) is 0 Å². The minimum Gasteiger partial charge on any atom is -0.494 e. The summed E-state index contributed by atoms with van der Waals surface area (Å²) in [7, 11) is 0. The molecule has 2 heterocycles. The predicted octanol–water partition coefficient (Wildman–Crippen LogP) is 3.89. The maximum Gasteiger partial charge on any atom is 0.248 e. The zero-order valence-electron chi connectivity index (χ0n) is 13.6. The van der Waals surface area contributed by atoms with Gasteiger partial charge in [0.15, 0.2) is 0 Å². The minimum atomic E-state index is -0.0828. The van der Waals surface area contributed by atoms with E-state index in [1.165, 1.54) is 0 Å². The van der Waals surface area contributed by atoms with Crippen molar-refractivity contribution in [1.82, 2.24) is 20.2 Å². The highest BCUT2D eigenvalue weighted by atomic mass is 79.9. The smallest absolute Gasteiger partial charge is 0.248 e. The van der Waals surface area contributed by atoms with Gasteiger partial charge in [-0.3, -0.25) is 0 Å². The summed E-state index contributed by atoms with van der Waals surface area (Å²) in [4.78, 5) is 0. The Kier molecular flexibility index (Phi) is 4.23. The number of tetrazole rings is 1. The summed E-state index contributed by atoms with van der Waals surface area (Å²) < 4.78 is 8.34. The lowest BCUT2D eigenvalue weighted by Crippen LogP contribution is -2.20. The number of allylic oxidation sites excluding steroid dienone is 1. The summed E-state index contributed by atoms with van der Waals surface area (Å²) in [5.74, 6) is 1.48. The molecule has 126 valence electrons. The van der Waals surface area contributed by atoms with E-state index in [1.807, 2.05) is 43.3 Å². The Hall–Kier alpha value is -2.67. The van der Waals surface area contributed by atoms with E-state index in [-0.39, 0.29) is 6.04 Å². The second-order valence-corrected chi connectivity index (χ2v) is 6.52. The van der Waals surface area contributed by atoms with Gasteiger partial charge in [0.25, 0.3) is 0 Å². The SMILES string of the molecule is CCOc1ccc([C@@H]2C=C(c3ccc(Br)cc3)Nc3nnnn32)cc1. The van der Waals surface area contributed by atoms with Crippen molar-refractivity contribution in [2.75, 3.05) is 11.9 Å². The van der Waals surface area contributed by atoms with Crippen molar-refractivity contribution in [2.45, 2.75) is 13.0 Å². The van der Waals surface area contributed by atoms with Crippen molar-refractivity contribution in [3.8, 4) is 5.75 Å². The van der Waals surface area contributed by atoms with Crippen LogP contribution in [0.1, 0.15) is 24.1 Å². The normalized spacial score (nSPS) is 15.9. The molecule has 0 bridgehead atoms. The van der Waals surface area contributed by atoms with Crippen molar-refractivity contribution >= 4 is 27.6 Å². The Balaban J connectivity index is 1.73. The van der Waals surface area contributed by atoms with Gasteiger partial charge in [0.1, 0.15) is 11.8 Å². The minimum absolute atomic E-state index is 0.0828. The molecule has 0 aliphatic carbocycles. The molecule has 6 nitrogen and oxygen atoms in total. The van der Waals surface area contributed by atoms with Crippen LogP contribution in [0.3, 0.4) is 0 Å². The van der Waals surface area contributed by atoms with Crippen LogP contribution in [0, 0.1) is 0 Å². The van der Waals surface area contributed by atoms with Crippen LogP contribution in [0.4, 0.5) is 5.95 Å². The van der Waals surface area contributed by atoms with Gasteiger partial charge in [-0.1, -0.05) is 45.3 Å². The predicted molar refractivity (Wildman–Crippen MR) is 99.3 cm³/mol. The number of hydrogen-bond acceptors (Lipinski definition) is 5. The molecule has 0 saturated carbocycles. The summed E-state index contributed by atoms with van der Waals surface area (Å²) in [6.45, 7) is 2.62.